The number of piperazine rings is 1. The summed E-state index contributed by atoms with van der Waals surface area (Å²) in [6.45, 7) is 4.75. The molecule has 2 fully saturated rings. The minimum atomic E-state index is -3.58. The van der Waals surface area contributed by atoms with Crippen LogP contribution in [0.5, 0.6) is 0 Å². The fraction of sp³-hybridized carbons (Fsp3) is 0.450. The summed E-state index contributed by atoms with van der Waals surface area (Å²) in [5.74, 6) is -0.342. The number of morpholine rings is 1. The van der Waals surface area contributed by atoms with Crippen LogP contribution in [0.3, 0.4) is 0 Å². The first-order chi connectivity index (χ1) is 15.3. The molecule has 2 saturated heterocycles. The Morgan fingerprint density at radius 3 is 2.34 bits per heavy atom. The number of nitrogens with zero attached hydrogens (tertiary/aromatic N) is 4. The highest BCUT2D eigenvalue weighted by Gasteiger charge is 2.32. The zero-order valence-corrected chi connectivity index (χ0v) is 19.2. The minimum absolute atomic E-state index is 0.118. The number of anilines is 1. The Balaban J connectivity index is 1.47. The Hall–Kier alpha value is -2.54. The number of nitro benzene ring substituents is 1. The van der Waals surface area contributed by atoms with Crippen molar-refractivity contribution in [3.8, 4) is 0 Å². The van der Waals surface area contributed by atoms with E-state index < -0.39 is 14.9 Å². The second-order valence-electron chi connectivity index (χ2n) is 7.62. The predicted octanol–water partition coefficient (Wildman–Crippen LogP) is 1.95. The van der Waals surface area contributed by atoms with Crippen LogP contribution < -0.4 is 4.90 Å². The Bertz CT molecular complexity index is 1120. The van der Waals surface area contributed by atoms with E-state index in [1.807, 2.05) is 11.8 Å². The number of thiophene rings is 1. The molecule has 4 rings (SSSR count). The summed E-state index contributed by atoms with van der Waals surface area (Å²) < 4.78 is 32.6. The second-order valence-corrected chi connectivity index (χ2v) is 11.1. The normalized spacial score (nSPS) is 18.0. The van der Waals surface area contributed by atoms with Crippen molar-refractivity contribution in [1.82, 2.24) is 9.21 Å². The molecule has 3 heterocycles. The molecule has 0 radical (unpaired) electrons. The molecule has 32 heavy (non-hydrogen) atoms. The van der Waals surface area contributed by atoms with Gasteiger partial charge < -0.3 is 14.5 Å². The molecule has 0 atom stereocenters. The highest BCUT2D eigenvalue weighted by molar-refractivity contribution is 7.91. The monoisotopic (exact) mass is 480 g/mol. The molecule has 2 aliphatic rings. The Morgan fingerprint density at radius 1 is 1.06 bits per heavy atom. The van der Waals surface area contributed by atoms with Crippen LogP contribution in [-0.2, 0) is 14.8 Å². The fourth-order valence-electron chi connectivity index (χ4n) is 3.87. The summed E-state index contributed by atoms with van der Waals surface area (Å²) in [5.41, 5.74) is 0.572. The first-order valence-corrected chi connectivity index (χ1v) is 12.5. The number of rotatable bonds is 5. The second kappa shape index (κ2) is 9.14. The van der Waals surface area contributed by atoms with Crippen LogP contribution in [0.4, 0.5) is 11.4 Å². The van der Waals surface area contributed by atoms with Gasteiger partial charge >= 0.3 is 0 Å². The van der Waals surface area contributed by atoms with Crippen molar-refractivity contribution in [1.29, 1.82) is 0 Å². The molecule has 1 aromatic carbocycles. The third kappa shape index (κ3) is 4.49. The van der Waals surface area contributed by atoms with Crippen molar-refractivity contribution in [2.75, 3.05) is 57.4 Å². The van der Waals surface area contributed by atoms with Gasteiger partial charge in [-0.1, -0.05) is 0 Å². The maximum absolute atomic E-state index is 13.0. The van der Waals surface area contributed by atoms with Crippen molar-refractivity contribution in [2.45, 2.75) is 11.1 Å². The van der Waals surface area contributed by atoms with Gasteiger partial charge in [0.25, 0.3) is 21.6 Å². The minimum Gasteiger partial charge on any atom is -0.378 e. The van der Waals surface area contributed by atoms with Crippen LogP contribution in [0.2, 0.25) is 0 Å². The number of hydrogen-bond acceptors (Lipinski definition) is 8. The number of nitro groups is 1. The molecule has 0 unspecified atom stereocenters. The van der Waals surface area contributed by atoms with E-state index in [4.69, 9.17) is 4.74 Å². The summed E-state index contributed by atoms with van der Waals surface area (Å²) in [7, 11) is -3.58. The van der Waals surface area contributed by atoms with E-state index in [-0.39, 0.29) is 43.3 Å². The highest BCUT2D eigenvalue weighted by atomic mass is 32.2. The summed E-state index contributed by atoms with van der Waals surface area (Å²) in [6, 6.07) is 7.88. The molecule has 0 aliphatic carbocycles. The standard InChI is InChI=1S/C20H24N4O6S2/c1-15-2-5-19(31-15)32(28,29)23-8-6-22(7-9-23)20(25)16-3-4-17(18(14-16)24(26)27)21-10-12-30-13-11-21/h2-5,14H,6-13H2,1H3. The van der Waals surface area contributed by atoms with Crippen LogP contribution in [-0.4, -0.2) is 80.9 Å². The number of aryl methyl sites for hydroxylation is 1. The molecular formula is C20H24N4O6S2. The van der Waals surface area contributed by atoms with Crippen molar-refractivity contribution in [3.05, 3.63) is 50.9 Å². The molecule has 2 aromatic rings. The van der Waals surface area contributed by atoms with Crippen molar-refractivity contribution in [3.63, 3.8) is 0 Å². The summed E-state index contributed by atoms with van der Waals surface area (Å²) >= 11 is 1.22. The molecule has 10 nitrogen and oxygen atoms in total. The van der Waals surface area contributed by atoms with Gasteiger partial charge in [-0.15, -0.1) is 11.3 Å². The third-order valence-corrected chi connectivity index (χ3v) is 8.97. The predicted molar refractivity (Wildman–Crippen MR) is 120 cm³/mol. The average Bonchev–Trinajstić information content (AvgIpc) is 3.26. The van der Waals surface area contributed by atoms with E-state index in [1.165, 1.54) is 21.7 Å². The van der Waals surface area contributed by atoms with Gasteiger partial charge in [-0.25, -0.2) is 8.42 Å². The number of benzene rings is 1. The van der Waals surface area contributed by atoms with E-state index in [0.29, 0.717) is 36.2 Å². The molecular weight excluding hydrogens is 456 g/mol. The number of sulfonamides is 1. The molecule has 1 amide bonds. The van der Waals surface area contributed by atoms with E-state index in [2.05, 4.69) is 0 Å². The van der Waals surface area contributed by atoms with Crippen LogP contribution >= 0.6 is 11.3 Å². The van der Waals surface area contributed by atoms with Gasteiger partial charge in [0.05, 0.1) is 18.1 Å². The maximum atomic E-state index is 13.0. The van der Waals surface area contributed by atoms with Gasteiger partial charge in [0.1, 0.15) is 9.90 Å². The van der Waals surface area contributed by atoms with E-state index in [1.54, 1.807) is 29.2 Å². The van der Waals surface area contributed by atoms with E-state index in [0.717, 1.165) is 4.88 Å². The number of carbonyl (C=O) groups is 1. The number of ether oxygens (including phenoxy) is 1. The lowest BCUT2D eigenvalue weighted by Gasteiger charge is -2.34. The van der Waals surface area contributed by atoms with Gasteiger partial charge in [0.2, 0.25) is 0 Å². The zero-order valence-electron chi connectivity index (χ0n) is 17.6. The quantitative estimate of drug-likeness (QED) is 0.475. The largest absolute Gasteiger partial charge is 0.378 e. The Morgan fingerprint density at radius 2 is 1.75 bits per heavy atom. The summed E-state index contributed by atoms with van der Waals surface area (Å²) in [4.78, 5) is 28.5. The average molecular weight is 481 g/mol. The van der Waals surface area contributed by atoms with Crippen LogP contribution in [0, 0.1) is 17.0 Å². The first-order valence-electron chi connectivity index (χ1n) is 10.2. The van der Waals surface area contributed by atoms with Crippen LogP contribution in [0.15, 0.2) is 34.5 Å². The van der Waals surface area contributed by atoms with Crippen molar-refractivity contribution < 1.29 is 22.9 Å². The maximum Gasteiger partial charge on any atom is 0.293 e. The fourth-order valence-corrected chi connectivity index (χ4v) is 6.73. The number of carbonyl (C=O) groups excluding carboxylic acids is 1. The molecule has 0 N–H and O–H groups in total. The van der Waals surface area contributed by atoms with Crippen LogP contribution in [0.1, 0.15) is 15.2 Å². The topological polar surface area (TPSA) is 113 Å². The molecule has 12 heteroatoms. The molecule has 172 valence electrons. The van der Waals surface area contributed by atoms with Crippen molar-refractivity contribution in [2.24, 2.45) is 0 Å². The summed E-state index contributed by atoms with van der Waals surface area (Å²) in [6.07, 6.45) is 0. The van der Waals surface area contributed by atoms with E-state index >= 15 is 0 Å². The lowest BCUT2D eigenvalue weighted by atomic mass is 10.1. The zero-order chi connectivity index (χ0) is 22.9. The van der Waals surface area contributed by atoms with Gasteiger partial charge in [0, 0.05) is 55.8 Å². The number of amides is 1. The van der Waals surface area contributed by atoms with Gasteiger partial charge in [-0.05, 0) is 31.2 Å². The molecule has 2 aliphatic heterocycles. The molecule has 0 spiro atoms. The van der Waals surface area contributed by atoms with Gasteiger partial charge in [-0.3, -0.25) is 14.9 Å². The van der Waals surface area contributed by atoms with E-state index in [9.17, 15) is 23.3 Å². The molecule has 1 aromatic heterocycles. The smallest absolute Gasteiger partial charge is 0.293 e. The van der Waals surface area contributed by atoms with Crippen LogP contribution in [0.25, 0.3) is 0 Å². The lowest BCUT2D eigenvalue weighted by Crippen LogP contribution is -2.50. The van der Waals surface area contributed by atoms with Gasteiger partial charge in [0.15, 0.2) is 0 Å². The SMILES string of the molecule is Cc1ccc(S(=O)(=O)N2CCN(C(=O)c3ccc(N4CCOCC4)c([N+](=O)[O-])c3)CC2)s1. The lowest BCUT2D eigenvalue weighted by molar-refractivity contribution is -0.384. The highest BCUT2D eigenvalue weighted by Crippen LogP contribution is 2.31. The first kappa shape index (κ1) is 22.6. The summed E-state index contributed by atoms with van der Waals surface area (Å²) in [5, 5.41) is 11.7. The Labute approximate surface area is 190 Å². The Kier molecular flexibility index (Phi) is 6.47. The van der Waals surface area contributed by atoms with Gasteiger partial charge in [-0.2, -0.15) is 4.31 Å². The number of hydrogen-bond donors (Lipinski definition) is 0. The molecule has 0 saturated carbocycles. The van der Waals surface area contributed by atoms with Crippen molar-refractivity contribution >= 4 is 38.6 Å². The third-order valence-electron chi connectivity index (χ3n) is 5.61. The molecule has 0 bridgehead atoms.